The molecule has 0 bridgehead atoms. The molecule has 0 amide bonds. The van der Waals surface area contributed by atoms with Crippen molar-refractivity contribution in [2.24, 2.45) is 0 Å². The number of alkyl halides is 3. The lowest BCUT2D eigenvalue weighted by Gasteiger charge is -2.13. The molecule has 156 valence electrons. The minimum atomic E-state index is -4.71. The van der Waals surface area contributed by atoms with Crippen molar-refractivity contribution in [1.82, 2.24) is 14.4 Å². The predicted octanol–water partition coefficient (Wildman–Crippen LogP) is 5.76. The first-order valence-corrected chi connectivity index (χ1v) is 11.3. The smallest absolute Gasteiger partial charge is 0.269 e. The molecule has 0 aliphatic heterocycles. The lowest BCUT2D eigenvalue weighted by atomic mass is 10.1. The Morgan fingerprint density at radius 2 is 2.03 bits per heavy atom. The molecule has 4 rings (SSSR count). The number of aromatic nitrogens is 3. The largest absolute Gasteiger partial charge is 0.417 e. The van der Waals surface area contributed by atoms with E-state index < -0.39 is 17.3 Å². The van der Waals surface area contributed by atoms with Crippen LogP contribution in [0.15, 0.2) is 62.3 Å². The number of halogens is 4. The third kappa shape index (κ3) is 4.51. The standard InChI is InChI=1S/C20H10BrF3N4OS2/c21-11-3-4-17-26-12(6-18(29)28(17)9-11)10-31-19-13(8-25)14(20(22,23)24)7-15(27-19)16-2-1-5-30-16/h1-7,9H,10H2. The average molecular weight is 523 g/mol. The van der Waals surface area contributed by atoms with Crippen LogP contribution in [-0.2, 0) is 11.9 Å². The molecular weight excluding hydrogens is 513 g/mol. The van der Waals surface area contributed by atoms with E-state index in [-0.39, 0.29) is 22.0 Å². The van der Waals surface area contributed by atoms with Gasteiger partial charge in [0.1, 0.15) is 16.7 Å². The number of thiophene rings is 1. The van der Waals surface area contributed by atoms with Crippen LogP contribution < -0.4 is 5.56 Å². The highest BCUT2D eigenvalue weighted by molar-refractivity contribution is 9.10. The molecule has 0 spiro atoms. The number of rotatable bonds is 4. The average Bonchev–Trinajstić information content (AvgIpc) is 3.26. The van der Waals surface area contributed by atoms with Crippen LogP contribution in [0.5, 0.6) is 0 Å². The molecule has 0 aliphatic carbocycles. The van der Waals surface area contributed by atoms with Crippen molar-refractivity contribution in [1.29, 1.82) is 5.26 Å². The molecule has 0 aromatic carbocycles. The van der Waals surface area contributed by atoms with E-state index in [1.807, 2.05) is 0 Å². The Hall–Kier alpha value is -2.68. The van der Waals surface area contributed by atoms with E-state index in [9.17, 15) is 23.2 Å². The molecule has 4 heterocycles. The number of hydrogen-bond donors (Lipinski definition) is 0. The predicted molar refractivity (Wildman–Crippen MR) is 116 cm³/mol. The highest BCUT2D eigenvalue weighted by atomic mass is 79.9. The molecule has 4 aromatic rings. The van der Waals surface area contributed by atoms with Gasteiger partial charge in [-0.1, -0.05) is 17.8 Å². The topological polar surface area (TPSA) is 71.0 Å². The van der Waals surface area contributed by atoms with Crippen molar-refractivity contribution in [3.8, 4) is 16.6 Å². The summed E-state index contributed by atoms with van der Waals surface area (Å²) in [6.07, 6.45) is -3.13. The van der Waals surface area contributed by atoms with Gasteiger partial charge in [0.15, 0.2) is 0 Å². The zero-order valence-electron chi connectivity index (χ0n) is 15.4. The molecule has 0 radical (unpaired) electrons. The molecule has 5 nitrogen and oxygen atoms in total. The maximum atomic E-state index is 13.6. The normalized spacial score (nSPS) is 11.6. The Labute approximate surface area is 190 Å². The molecular formula is C20H10BrF3N4OS2. The quantitative estimate of drug-likeness (QED) is 0.318. The van der Waals surface area contributed by atoms with Crippen LogP contribution >= 0.6 is 39.0 Å². The van der Waals surface area contributed by atoms with Crippen LogP contribution in [0.25, 0.3) is 16.2 Å². The van der Waals surface area contributed by atoms with Crippen LogP contribution in [0, 0.1) is 11.3 Å². The fourth-order valence-electron chi connectivity index (χ4n) is 2.85. The third-order valence-corrected chi connectivity index (χ3v) is 6.58. The van der Waals surface area contributed by atoms with E-state index in [2.05, 4.69) is 25.9 Å². The SMILES string of the molecule is N#Cc1c(C(F)(F)F)cc(-c2cccs2)nc1SCc1cc(=O)n2cc(Br)ccc2n1. The summed E-state index contributed by atoms with van der Waals surface area (Å²) in [5.41, 5.74) is -0.980. The van der Waals surface area contributed by atoms with Gasteiger partial charge >= 0.3 is 6.18 Å². The second kappa shape index (κ2) is 8.45. The van der Waals surface area contributed by atoms with Gasteiger partial charge in [-0.05, 0) is 45.6 Å². The van der Waals surface area contributed by atoms with Crippen molar-refractivity contribution in [2.75, 3.05) is 0 Å². The Balaban J connectivity index is 1.75. The lowest BCUT2D eigenvalue weighted by Crippen LogP contribution is -2.15. The number of pyridine rings is 2. The highest BCUT2D eigenvalue weighted by Gasteiger charge is 2.36. The number of fused-ring (bicyclic) bond motifs is 1. The molecule has 4 aromatic heterocycles. The highest BCUT2D eigenvalue weighted by Crippen LogP contribution is 2.39. The van der Waals surface area contributed by atoms with Crippen molar-refractivity contribution in [2.45, 2.75) is 17.0 Å². The fourth-order valence-corrected chi connectivity index (χ4v) is 4.77. The minimum absolute atomic E-state index is 0.0569. The van der Waals surface area contributed by atoms with Crippen molar-refractivity contribution in [3.05, 3.63) is 79.6 Å². The zero-order valence-corrected chi connectivity index (χ0v) is 18.6. The first-order valence-electron chi connectivity index (χ1n) is 8.63. The Morgan fingerprint density at radius 3 is 2.71 bits per heavy atom. The van der Waals surface area contributed by atoms with Crippen molar-refractivity contribution >= 4 is 44.7 Å². The molecule has 31 heavy (non-hydrogen) atoms. The number of thioether (sulfide) groups is 1. The molecule has 0 saturated carbocycles. The summed E-state index contributed by atoms with van der Waals surface area (Å²) in [6, 6.07) is 10.6. The van der Waals surface area contributed by atoms with E-state index in [0.29, 0.717) is 20.7 Å². The van der Waals surface area contributed by atoms with E-state index in [1.165, 1.54) is 21.8 Å². The number of nitrogens with zero attached hydrogens (tertiary/aromatic N) is 4. The summed E-state index contributed by atoms with van der Waals surface area (Å²) in [7, 11) is 0. The first kappa shape index (κ1) is 21.5. The van der Waals surface area contributed by atoms with Crippen LogP contribution in [0.1, 0.15) is 16.8 Å². The second-order valence-electron chi connectivity index (χ2n) is 6.27. The summed E-state index contributed by atoms with van der Waals surface area (Å²) < 4.78 is 42.9. The molecule has 0 saturated heterocycles. The Bertz CT molecular complexity index is 1380. The minimum Gasteiger partial charge on any atom is -0.269 e. The van der Waals surface area contributed by atoms with Crippen molar-refractivity contribution in [3.63, 3.8) is 0 Å². The first-order chi connectivity index (χ1) is 14.8. The van der Waals surface area contributed by atoms with Gasteiger partial charge in [-0.3, -0.25) is 9.20 Å². The summed E-state index contributed by atoms with van der Waals surface area (Å²) in [5, 5.41) is 11.1. The van der Waals surface area contributed by atoms with Gasteiger partial charge in [0.2, 0.25) is 0 Å². The van der Waals surface area contributed by atoms with Gasteiger partial charge in [0.25, 0.3) is 5.56 Å². The van der Waals surface area contributed by atoms with Crippen molar-refractivity contribution < 1.29 is 13.2 Å². The van der Waals surface area contributed by atoms with Gasteiger partial charge in [0, 0.05) is 22.5 Å². The monoisotopic (exact) mass is 522 g/mol. The van der Waals surface area contributed by atoms with E-state index in [4.69, 9.17) is 0 Å². The summed E-state index contributed by atoms with van der Waals surface area (Å²) in [4.78, 5) is 21.6. The van der Waals surface area contributed by atoms with Gasteiger partial charge in [0.05, 0.1) is 27.4 Å². The van der Waals surface area contributed by atoms with E-state index in [1.54, 1.807) is 41.9 Å². The number of nitriles is 1. The van der Waals surface area contributed by atoms with Gasteiger partial charge < -0.3 is 0 Å². The number of hydrogen-bond acceptors (Lipinski definition) is 6. The van der Waals surface area contributed by atoms with Crippen LogP contribution in [0.3, 0.4) is 0 Å². The van der Waals surface area contributed by atoms with Crippen LogP contribution in [0.4, 0.5) is 13.2 Å². The van der Waals surface area contributed by atoms with E-state index >= 15 is 0 Å². The second-order valence-corrected chi connectivity index (χ2v) is 9.10. The van der Waals surface area contributed by atoms with E-state index in [0.717, 1.165) is 17.8 Å². The Kier molecular flexibility index (Phi) is 5.88. The third-order valence-electron chi connectivity index (χ3n) is 4.21. The molecule has 0 atom stereocenters. The summed E-state index contributed by atoms with van der Waals surface area (Å²) in [6.45, 7) is 0. The molecule has 0 aliphatic rings. The molecule has 0 fully saturated rings. The van der Waals surface area contributed by atoms with Gasteiger partial charge in [-0.25, -0.2) is 9.97 Å². The molecule has 0 unspecified atom stereocenters. The Morgan fingerprint density at radius 1 is 1.23 bits per heavy atom. The molecule has 0 N–H and O–H groups in total. The summed E-state index contributed by atoms with van der Waals surface area (Å²) in [5.74, 6) is 0.0781. The van der Waals surface area contributed by atoms with Crippen LogP contribution in [0.2, 0.25) is 0 Å². The van der Waals surface area contributed by atoms with Crippen LogP contribution in [-0.4, -0.2) is 14.4 Å². The maximum Gasteiger partial charge on any atom is 0.417 e. The lowest BCUT2D eigenvalue weighted by molar-refractivity contribution is -0.138. The zero-order chi connectivity index (χ0) is 22.2. The maximum absolute atomic E-state index is 13.6. The summed E-state index contributed by atoms with van der Waals surface area (Å²) >= 11 is 5.48. The molecule has 11 heteroatoms. The van der Waals surface area contributed by atoms with Gasteiger partial charge in [-0.2, -0.15) is 18.4 Å². The fraction of sp³-hybridized carbons (Fsp3) is 0.100. The van der Waals surface area contributed by atoms with Gasteiger partial charge in [-0.15, -0.1) is 11.3 Å².